The molecule has 0 saturated carbocycles. The normalized spacial score (nSPS) is 21.4. The Balaban J connectivity index is 2.55. The number of hydrogen-bond acceptors (Lipinski definition) is 6. The van der Waals surface area contributed by atoms with Crippen molar-refractivity contribution in [3.63, 3.8) is 0 Å². The standard InChI is InChI=1S/C23H35N3O5S/c1-7-23(28)25(6)15-21-17(2)14-26(18(3)16-27)32(29,30)22-11-10-19(13-20(22)31-21)9-8-12-24(4)5/h10-11,13,17-18,21,27H,7,12,14-16H2,1-6H3/t17-,18+,21-/m0/s1. The van der Waals surface area contributed by atoms with Crippen LogP contribution in [0.25, 0.3) is 0 Å². The molecule has 1 N–H and O–H groups in total. The van der Waals surface area contributed by atoms with Gasteiger partial charge in [0.25, 0.3) is 0 Å². The molecule has 32 heavy (non-hydrogen) atoms. The van der Waals surface area contributed by atoms with Crippen molar-refractivity contribution in [2.24, 2.45) is 5.92 Å². The summed E-state index contributed by atoms with van der Waals surface area (Å²) in [5.41, 5.74) is 0.646. The largest absolute Gasteiger partial charge is 0.487 e. The molecular formula is C23H35N3O5S. The Kier molecular flexibility index (Phi) is 9.10. The Morgan fingerprint density at radius 3 is 2.62 bits per heavy atom. The average Bonchev–Trinajstić information content (AvgIpc) is 2.74. The summed E-state index contributed by atoms with van der Waals surface area (Å²) in [4.78, 5) is 15.7. The maximum absolute atomic E-state index is 13.4. The zero-order valence-electron chi connectivity index (χ0n) is 19.8. The van der Waals surface area contributed by atoms with Crippen LogP contribution < -0.4 is 4.74 Å². The molecule has 1 aliphatic rings. The summed E-state index contributed by atoms with van der Waals surface area (Å²) in [5.74, 6) is 6.07. The van der Waals surface area contributed by atoms with Crippen molar-refractivity contribution in [3.05, 3.63) is 23.8 Å². The molecule has 0 unspecified atom stereocenters. The highest BCUT2D eigenvalue weighted by atomic mass is 32.2. The number of carbonyl (C=O) groups is 1. The van der Waals surface area contributed by atoms with E-state index in [0.29, 0.717) is 25.1 Å². The summed E-state index contributed by atoms with van der Waals surface area (Å²) in [5, 5.41) is 9.71. The van der Waals surface area contributed by atoms with Crippen LogP contribution in [0.4, 0.5) is 0 Å². The first kappa shape index (κ1) is 26.1. The molecule has 0 aromatic heterocycles. The van der Waals surface area contributed by atoms with E-state index in [1.807, 2.05) is 25.9 Å². The predicted molar refractivity (Wildman–Crippen MR) is 124 cm³/mol. The highest BCUT2D eigenvalue weighted by Gasteiger charge is 2.38. The number of sulfonamides is 1. The first-order valence-corrected chi connectivity index (χ1v) is 12.3. The quantitative estimate of drug-likeness (QED) is 0.636. The number of amides is 1. The number of hydrogen-bond donors (Lipinski definition) is 1. The first-order chi connectivity index (χ1) is 15.0. The molecule has 0 saturated heterocycles. The van der Waals surface area contributed by atoms with Gasteiger partial charge in [-0.25, -0.2) is 8.42 Å². The van der Waals surface area contributed by atoms with Crippen LogP contribution in [0.3, 0.4) is 0 Å². The van der Waals surface area contributed by atoms with Crippen LogP contribution in [-0.4, -0.2) is 93.1 Å². The van der Waals surface area contributed by atoms with E-state index in [1.54, 1.807) is 37.9 Å². The number of fused-ring (bicyclic) bond motifs is 1. The lowest BCUT2D eigenvalue weighted by Gasteiger charge is -2.37. The van der Waals surface area contributed by atoms with Gasteiger partial charge in [0.05, 0.1) is 19.7 Å². The number of rotatable bonds is 6. The second kappa shape index (κ2) is 11.1. The Bertz CT molecular complexity index is 968. The van der Waals surface area contributed by atoms with Crippen molar-refractivity contribution in [3.8, 4) is 17.6 Å². The van der Waals surface area contributed by atoms with E-state index in [9.17, 15) is 18.3 Å². The lowest BCUT2D eigenvalue weighted by atomic mass is 10.0. The lowest BCUT2D eigenvalue weighted by molar-refractivity contribution is -0.131. The molecule has 0 spiro atoms. The van der Waals surface area contributed by atoms with Crippen molar-refractivity contribution < 1.29 is 23.1 Å². The van der Waals surface area contributed by atoms with Crippen LogP contribution in [0.5, 0.6) is 5.75 Å². The van der Waals surface area contributed by atoms with Crippen LogP contribution in [-0.2, 0) is 14.8 Å². The zero-order valence-corrected chi connectivity index (χ0v) is 20.6. The molecule has 1 amide bonds. The number of aliphatic hydroxyl groups is 1. The summed E-state index contributed by atoms with van der Waals surface area (Å²) in [7, 11) is 1.66. The molecular weight excluding hydrogens is 430 g/mol. The van der Waals surface area contributed by atoms with Crippen LogP contribution in [0.15, 0.2) is 23.1 Å². The van der Waals surface area contributed by atoms with Gasteiger partial charge in [-0.2, -0.15) is 4.31 Å². The lowest BCUT2D eigenvalue weighted by Crippen LogP contribution is -2.50. The molecule has 1 heterocycles. The molecule has 9 heteroatoms. The number of carbonyl (C=O) groups excluding carboxylic acids is 1. The van der Waals surface area contributed by atoms with Gasteiger partial charge in [-0.1, -0.05) is 25.7 Å². The highest BCUT2D eigenvalue weighted by Crippen LogP contribution is 2.34. The molecule has 8 nitrogen and oxygen atoms in total. The monoisotopic (exact) mass is 465 g/mol. The van der Waals surface area contributed by atoms with Crippen LogP contribution in [0, 0.1) is 17.8 Å². The van der Waals surface area contributed by atoms with Crippen molar-refractivity contribution in [1.82, 2.24) is 14.1 Å². The second-order valence-corrected chi connectivity index (χ2v) is 10.4. The summed E-state index contributed by atoms with van der Waals surface area (Å²) in [6, 6.07) is 4.22. The summed E-state index contributed by atoms with van der Waals surface area (Å²) in [6.07, 6.45) is -0.0508. The average molecular weight is 466 g/mol. The van der Waals surface area contributed by atoms with Gasteiger partial charge in [0.1, 0.15) is 16.7 Å². The maximum Gasteiger partial charge on any atom is 0.247 e. The number of aliphatic hydroxyl groups excluding tert-OH is 1. The summed E-state index contributed by atoms with van der Waals surface area (Å²) in [6.45, 7) is 6.14. The zero-order chi connectivity index (χ0) is 24.1. The molecule has 1 aromatic rings. The van der Waals surface area contributed by atoms with E-state index < -0.39 is 22.2 Å². The van der Waals surface area contributed by atoms with E-state index in [1.165, 1.54) is 10.4 Å². The highest BCUT2D eigenvalue weighted by molar-refractivity contribution is 7.89. The molecule has 1 aliphatic heterocycles. The Morgan fingerprint density at radius 2 is 2.03 bits per heavy atom. The fraction of sp³-hybridized carbons (Fsp3) is 0.609. The second-order valence-electron chi connectivity index (χ2n) is 8.57. The van der Waals surface area contributed by atoms with Crippen LogP contribution in [0.1, 0.15) is 32.8 Å². The number of benzene rings is 1. The number of nitrogens with zero attached hydrogens (tertiary/aromatic N) is 3. The topological polar surface area (TPSA) is 90.4 Å². The molecule has 3 atom stereocenters. The maximum atomic E-state index is 13.4. The van der Waals surface area contributed by atoms with Gasteiger partial charge in [-0.3, -0.25) is 9.69 Å². The van der Waals surface area contributed by atoms with E-state index in [0.717, 1.165) is 0 Å². The van der Waals surface area contributed by atoms with E-state index in [4.69, 9.17) is 4.74 Å². The predicted octanol–water partition coefficient (Wildman–Crippen LogP) is 1.24. The minimum atomic E-state index is -3.90. The molecule has 178 valence electrons. The van der Waals surface area contributed by atoms with E-state index >= 15 is 0 Å². The molecule has 1 aromatic carbocycles. The molecule has 0 fully saturated rings. The number of ether oxygens (including phenoxy) is 1. The SMILES string of the molecule is CCC(=O)N(C)C[C@@H]1Oc2cc(C#CCN(C)C)ccc2S(=O)(=O)N([C@H](C)CO)C[C@@H]1C. The van der Waals surface area contributed by atoms with Gasteiger partial charge < -0.3 is 14.7 Å². The fourth-order valence-corrected chi connectivity index (χ4v) is 5.29. The third-order valence-electron chi connectivity index (χ3n) is 5.48. The van der Waals surface area contributed by atoms with Crippen molar-refractivity contribution >= 4 is 15.9 Å². The van der Waals surface area contributed by atoms with Gasteiger partial charge in [0, 0.05) is 37.5 Å². The molecule has 0 aliphatic carbocycles. The van der Waals surface area contributed by atoms with Crippen LogP contribution in [0.2, 0.25) is 0 Å². The molecule has 0 radical (unpaired) electrons. The van der Waals surface area contributed by atoms with Crippen LogP contribution >= 0.6 is 0 Å². The minimum Gasteiger partial charge on any atom is -0.487 e. The van der Waals surface area contributed by atoms with Gasteiger partial charge >= 0.3 is 0 Å². The molecule has 0 bridgehead atoms. The smallest absolute Gasteiger partial charge is 0.247 e. The van der Waals surface area contributed by atoms with E-state index in [2.05, 4.69) is 11.8 Å². The first-order valence-electron chi connectivity index (χ1n) is 10.8. The third-order valence-corrected chi connectivity index (χ3v) is 7.50. The van der Waals surface area contributed by atoms with Crippen molar-refractivity contribution in [2.45, 2.75) is 44.2 Å². The minimum absolute atomic E-state index is 0.0143. The van der Waals surface area contributed by atoms with Crippen molar-refractivity contribution in [1.29, 1.82) is 0 Å². The fourth-order valence-electron chi connectivity index (χ4n) is 3.46. The Morgan fingerprint density at radius 1 is 1.34 bits per heavy atom. The van der Waals surface area contributed by atoms with Crippen molar-refractivity contribution in [2.75, 3.05) is 47.4 Å². The Labute approximate surface area is 192 Å². The van der Waals surface area contributed by atoms with Gasteiger partial charge in [-0.05, 0) is 39.2 Å². The van der Waals surface area contributed by atoms with Gasteiger partial charge in [-0.15, -0.1) is 0 Å². The van der Waals surface area contributed by atoms with Gasteiger partial charge in [0.15, 0.2) is 0 Å². The van der Waals surface area contributed by atoms with Gasteiger partial charge in [0.2, 0.25) is 15.9 Å². The summed E-state index contributed by atoms with van der Waals surface area (Å²) >= 11 is 0. The third kappa shape index (κ3) is 6.23. The van der Waals surface area contributed by atoms with E-state index in [-0.39, 0.29) is 35.6 Å². The summed E-state index contributed by atoms with van der Waals surface area (Å²) < 4.78 is 34.5. The molecule has 2 rings (SSSR count). The number of likely N-dealkylation sites (N-methyl/N-ethyl adjacent to an activating group) is 1. The Hall–Kier alpha value is -2.12.